The average molecular weight is 254 g/mol. The largest absolute Gasteiger partial charge is 0.394 e. The quantitative estimate of drug-likeness (QED) is 0.862. The molecule has 0 saturated heterocycles. The number of nitrogens with one attached hydrogen (secondary N) is 1. The molecule has 0 spiro atoms. The lowest BCUT2D eigenvalue weighted by molar-refractivity contribution is -0.123. The molecule has 2 rings (SSSR count). The first-order valence-corrected chi connectivity index (χ1v) is 6.17. The summed E-state index contributed by atoms with van der Waals surface area (Å²) >= 11 is 6.09. The molecule has 0 aromatic heterocycles. The summed E-state index contributed by atoms with van der Waals surface area (Å²) in [6.07, 6.45) is 0.841. The van der Waals surface area contributed by atoms with Gasteiger partial charge in [0, 0.05) is 17.0 Å². The van der Waals surface area contributed by atoms with Crippen LogP contribution in [0.1, 0.15) is 24.8 Å². The van der Waals surface area contributed by atoms with Crippen LogP contribution in [0.4, 0.5) is 0 Å². The van der Waals surface area contributed by atoms with Crippen molar-refractivity contribution >= 4 is 17.5 Å². The fourth-order valence-corrected chi connectivity index (χ4v) is 2.28. The first-order valence-electron chi connectivity index (χ1n) is 5.79. The van der Waals surface area contributed by atoms with E-state index in [1.54, 1.807) is 6.92 Å². The molecule has 1 aliphatic carbocycles. The molecule has 0 radical (unpaired) electrons. The maximum atomic E-state index is 11.8. The van der Waals surface area contributed by atoms with Crippen molar-refractivity contribution < 1.29 is 9.90 Å². The summed E-state index contributed by atoms with van der Waals surface area (Å²) < 4.78 is 0. The molecule has 3 nitrogen and oxygen atoms in total. The van der Waals surface area contributed by atoms with Crippen molar-refractivity contribution in [2.45, 2.75) is 25.3 Å². The zero-order valence-corrected chi connectivity index (χ0v) is 10.4. The van der Waals surface area contributed by atoms with Gasteiger partial charge in [0.05, 0.1) is 6.61 Å². The third kappa shape index (κ3) is 2.79. The highest BCUT2D eigenvalue weighted by Crippen LogP contribution is 2.49. The van der Waals surface area contributed by atoms with Crippen LogP contribution >= 0.6 is 11.6 Å². The molecule has 17 heavy (non-hydrogen) atoms. The normalized spacial score (nSPS) is 24.2. The topological polar surface area (TPSA) is 49.3 Å². The molecule has 0 aliphatic heterocycles. The molecule has 1 aromatic rings. The van der Waals surface area contributed by atoms with E-state index in [0.29, 0.717) is 0 Å². The lowest BCUT2D eigenvalue weighted by atomic mass is 10.1. The first-order chi connectivity index (χ1) is 8.13. The lowest BCUT2D eigenvalue weighted by Crippen LogP contribution is -2.36. The number of aliphatic hydroxyl groups is 1. The van der Waals surface area contributed by atoms with E-state index in [1.165, 1.54) is 0 Å². The predicted molar refractivity (Wildman–Crippen MR) is 67.0 cm³/mol. The van der Waals surface area contributed by atoms with E-state index in [2.05, 4.69) is 5.32 Å². The summed E-state index contributed by atoms with van der Waals surface area (Å²) in [6.45, 7) is 1.75. The Balaban J connectivity index is 1.97. The summed E-state index contributed by atoms with van der Waals surface area (Å²) in [7, 11) is 0. The van der Waals surface area contributed by atoms with E-state index in [4.69, 9.17) is 16.7 Å². The Morgan fingerprint density at radius 3 is 2.94 bits per heavy atom. The van der Waals surface area contributed by atoms with Crippen molar-refractivity contribution in [2.24, 2.45) is 5.92 Å². The van der Waals surface area contributed by atoms with E-state index in [1.807, 2.05) is 24.3 Å². The van der Waals surface area contributed by atoms with Crippen molar-refractivity contribution in [3.63, 3.8) is 0 Å². The van der Waals surface area contributed by atoms with Crippen LogP contribution in [0.2, 0.25) is 5.02 Å². The summed E-state index contributed by atoms with van der Waals surface area (Å²) in [5.41, 5.74) is 1.05. The van der Waals surface area contributed by atoms with Crippen LogP contribution in [0.3, 0.4) is 0 Å². The number of rotatable bonds is 4. The van der Waals surface area contributed by atoms with Gasteiger partial charge in [-0.1, -0.05) is 29.8 Å². The molecule has 1 aromatic carbocycles. The molecule has 1 saturated carbocycles. The second-order valence-electron chi connectivity index (χ2n) is 4.56. The van der Waals surface area contributed by atoms with Gasteiger partial charge in [-0.15, -0.1) is 0 Å². The van der Waals surface area contributed by atoms with Gasteiger partial charge in [-0.05, 0) is 30.9 Å². The number of carbonyl (C=O) groups is 1. The van der Waals surface area contributed by atoms with Crippen molar-refractivity contribution in [1.82, 2.24) is 5.32 Å². The van der Waals surface area contributed by atoms with Crippen molar-refractivity contribution in [2.75, 3.05) is 6.61 Å². The first kappa shape index (κ1) is 12.4. The number of hydrogen-bond donors (Lipinski definition) is 2. The molecular weight excluding hydrogens is 238 g/mol. The number of hydrogen-bond acceptors (Lipinski definition) is 2. The number of aliphatic hydroxyl groups excluding tert-OH is 1. The van der Waals surface area contributed by atoms with Crippen molar-refractivity contribution in [3.8, 4) is 0 Å². The second kappa shape index (κ2) is 5.07. The van der Waals surface area contributed by atoms with Crippen LogP contribution in [-0.2, 0) is 4.79 Å². The van der Waals surface area contributed by atoms with Gasteiger partial charge in [-0.3, -0.25) is 4.79 Å². The maximum Gasteiger partial charge on any atom is 0.224 e. The molecule has 0 bridgehead atoms. The average Bonchev–Trinajstić information content (AvgIpc) is 3.09. The van der Waals surface area contributed by atoms with Gasteiger partial charge in [0.2, 0.25) is 5.91 Å². The molecule has 2 N–H and O–H groups in total. The molecule has 3 unspecified atom stereocenters. The smallest absolute Gasteiger partial charge is 0.224 e. The Labute approximate surface area is 106 Å². The summed E-state index contributed by atoms with van der Waals surface area (Å²) in [6, 6.07) is 7.45. The van der Waals surface area contributed by atoms with E-state index in [-0.39, 0.29) is 30.4 Å². The zero-order chi connectivity index (χ0) is 12.4. The Kier molecular flexibility index (Phi) is 3.69. The number of halogens is 1. The SMILES string of the molecule is CC(CO)NC(=O)C1CC1c1ccccc1Cl. The summed E-state index contributed by atoms with van der Waals surface area (Å²) in [4.78, 5) is 11.8. The van der Waals surface area contributed by atoms with Crippen LogP contribution in [0.25, 0.3) is 0 Å². The van der Waals surface area contributed by atoms with Gasteiger partial charge in [0.15, 0.2) is 0 Å². The molecule has 1 fully saturated rings. The second-order valence-corrected chi connectivity index (χ2v) is 4.97. The third-order valence-corrected chi connectivity index (χ3v) is 3.44. The molecular formula is C13H16ClNO2. The number of benzene rings is 1. The van der Waals surface area contributed by atoms with Gasteiger partial charge in [-0.2, -0.15) is 0 Å². The minimum Gasteiger partial charge on any atom is -0.394 e. The van der Waals surface area contributed by atoms with E-state index < -0.39 is 0 Å². The fraction of sp³-hybridized carbons (Fsp3) is 0.462. The monoisotopic (exact) mass is 253 g/mol. The summed E-state index contributed by atoms with van der Waals surface area (Å²) in [5.74, 6) is 0.245. The van der Waals surface area contributed by atoms with Crippen LogP contribution in [0, 0.1) is 5.92 Å². The Morgan fingerprint density at radius 1 is 1.59 bits per heavy atom. The van der Waals surface area contributed by atoms with Gasteiger partial charge >= 0.3 is 0 Å². The Bertz CT molecular complexity index is 422. The zero-order valence-electron chi connectivity index (χ0n) is 9.69. The molecule has 1 aliphatic rings. The molecule has 0 heterocycles. The van der Waals surface area contributed by atoms with Crippen LogP contribution in [0.5, 0.6) is 0 Å². The molecule has 4 heteroatoms. The number of amides is 1. The highest BCUT2D eigenvalue weighted by atomic mass is 35.5. The molecule has 1 amide bonds. The van der Waals surface area contributed by atoms with Crippen LogP contribution < -0.4 is 5.32 Å². The Hall–Kier alpha value is -1.06. The molecule has 92 valence electrons. The predicted octanol–water partition coefficient (Wildman–Crippen LogP) is 1.94. The van der Waals surface area contributed by atoms with Crippen molar-refractivity contribution in [3.05, 3.63) is 34.9 Å². The molecule has 3 atom stereocenters. The summed E-state index contributed by atoms with van der Waals surface area (Å²) in [5, 5.41) is 12.4. The lowest BCUT2D eigenvalue weighted by Gasteiger charge is -2.10. The van der Waals surface area contributed by atoms with E-state index >= 15 is 0 Å². The van der Waals surface area contributed by atoms with E-state index in [0.717, 1.165) is 17.0 Å². The minimum absolute atomic E-state index is 0.00361. The third-order valence-electron chi connectivity index (χ3n) is 3.09. The minimum atomic E-state index is -0.185. The van der Waals surface area contributed by atoms with Gasteiger partial charge in [0.25, 0.3) is 0 Å². The highest BCUT2D eigenvalue weighted by Gasteiger charge is 2.44. The maximum absolute atomic E-state index is 11.8. The van der Waals surface area contributed by atoms with Gasteiger partial charge in [0.1, 0.15) is 0 Å². The van der Waals surface area contributed by atoms with Crippen molar-refractivity contribution in [1.29, 1.82) is 0 Å². The number of carbonyl (C=O) groups excluding carboxylic acids is 1. The van der Waals surface area contributed by atoms with Crippen LogP contribution in [-0.4, -0.2) is 23.7 Å². The van der Waals surface area contributed by atoms with Crippen LogP contribution in [0.15, 0.2) is 24.3 Å². The van der Waals surface area contributed by atoms with Gasteiger partial charge < -0.3 is 10.4 Å². The fourth-order valence-electron chi connectivity index (χ4n) is 2.00. The van der Waals surface area contributed by atoms with E-state index in [9.17, 15) is 4.79 Å². The Morgan fingerprint density at radius 2 is 2.29 bits per heavy atom. The van der Waals surface area contributed by atoms with Gasteiger partial charge in [-0.25, -0.2) is 0 Å². The highest BCUT2D eigenvalue weighted by molar-refractivity contribution is 6.31. The standard InChI is InChI=1S/C13H16ClNO2/c1-8(7-16)15-13(17)11-6-10(11)9-4-2-3-5-12(9)14/h2-5,8,10-11,16H,6-7H2,1H3,(H,15,17).